The van der Waals surface area contributed by atoms with Crippen LogP contribution in [-0.2, 0) is 9.53 Å². The molecule has 0 aromatic rings. The molecule has 7 nitrogen and oxygen atoms in total. The first kappa shape index (κ1) is 14.7. The molecule has 3 N–H and O–H groups in total. The number of aliphatic carboxylic acids is 1. The van der Waals surface area contributed by atoms with Gasteiger partial charge in [0.25, 0.3) is 0 Å². The number of carboxylic acid groups (broad SMARTS) is 1. The number of hydrogen-bond acceptors (Lipinski definition) is 4. The Bertz CT molecular complexity index is 319. The third kappa shape index (κ3) is 3.85. The van der Waals surface area contributed by atoms with Crippen molar-refractivity contribution in [2.75, 3.05) is 26.3 Å². The molecule has 0 unspecified atom stereocenters. The SMILES string of the molecule is CC1(C)COCCN1C(=O)NCC[C@H](O)C(=O)O. The molecule has 0 radical (unpaired) electrons. The van der Waals surface area contributed by atoms with Gasteiger partial charge in [0.05, 0.1) is 18.8 Å². The summed E-state index contributed by atoms with van der Waals surface area (Å²) in [6, 6.07) is -0.263. The highest BCUT2D eigenvalue weighted by molar-refractivity contribution is 5.75. The summed E-state index contributed by atoms with van der Waals surface area (Å²) in [5, 5.41) is 20.2. The first-order valence-corrected chi connectivity index (χ1v) is 5.88. The second kappa shape index (κ2) is 6.01. The van der Waals surface area contributed by atoms with Gasteiger partial charge in [-0.3, -0.25) is 0 Å². The lowest BCUT2D eigenvalue weighted by atomic mass is 10.0. The maximum absolute atomic E-state index is 11.9. The zero-order valence-corrected chi connectivity index (χ0v) is 10.7. The number of amides is 2. The monoisotopic (exact) mass is 260 g/mol. The lowest BCUT2D eigenvalue weighted by molar-refractivity contribution is -0.146. The van der Waals surface area contributed by atoms with Crippen molar-refractivity contribution in [1.82, 2.24) is 10.2 Å². The van der Waals surface area contributed by atoms with Gasteiger partial charge < -0.3 is 25.2 Å². The molecule has 1 fully saturated rings. The smallest absolute Gasteiger partial charge is 0.332 e. The molecule has 1 atom stereocenters. The lowest BCUT2D eigenvalue weighted by Crippen LogP contribution is -2.58. The Balaban J connectivity index is 2.38. The number of carboxylic acids is 1. The molecule has 1 saturated heterocycles. The van der Waals surface area contributed by atoms with E-state index in [4.69, 9.17) is 14.9 Å². The third-order valence-corrected chi connectivity index (χ3v) is 2.87. The number of carbonyl (C=O) groups is 2. The predicted octanol–water partition coefficient (Wildman–Crippen LogP) is -0.358. The van der Waals surface area contributed by atoms with Gasteiger partial charge >= 0.3 is 12.0 Å². The highest BCUT2D eigenvalue weighted by Crippen LogP contribution is 2.18. The van der Waals surface area contributed by atoms with Gasteiger partial charge in [-0.1, -0.05) is 0 Å². The van der Waals surface area contributed by atoms with E-state index in [0.29, 0.717) is 19.8 Å². The topological polar surface area (TPSA) is 99.1 Å². The Morgan fingerprint density at radius 3 is 2.72 bits per heavy atom. The minimum atomic E-state index is -1.44. The van der Waals surface area contributed by atoms with E-state index >= 15 is 0 Å². The summed E-state index contributed by atoms with van der Waals surface area (Å²) in [5.41, 5.74) is -0.381. The molecule has 2 amide bonds. The molecule has 1 rings (SSSR count). The Morgan fingerprint density at radius 2 is 2.17 bits per heavy atom. The van der Waals surface area contributed by atoms with Gasteiger partial charge in [0, 0.05) is 19.5 Å². The highest BCUT2D eigenvalue weighted by Gasteiger charge is 2.33. The van der Waals surface area contributed by atoms with E-state index in [1.165, 1.54) is 0 Å². The minimum absolute atomic E-state index is 0.00809. The number of nitrogens with zero attached hydrogens (tertiary/aromatic N) is 1. The standard InChI is InChI=1S/C11H20N2O5/c1-11(2)7-18-6-5-13(11)10(17)12-4-3-8(14)9(15)16/h8,14H,3-7H2,1-2H3,(H,12,17)(H,15,16)/t8-/m0/s1. The van der Waals surface area contributed by atoms with Crippen LogP contribution in [0.4, 0.5) is 4.79 Å². The number of hydrogen-bond donors (Lipinski definition) is 3. The number of aliphatic hydroxyl groups excluding tert-OH is 1. The number of ether oxygens (including phenoxy) is 1. The Labute approximate surface area is 106 Å². The fraction of sp³-hybridized carbons (Fsp3) is 0.818. The van der Waals surface area contributed by atoms with Gasteiger partial charge in [-0.2, -0.15) is 0 Å². The molecule has 1 aliphatic rings. The summed E-state index contributed by atoms with van der Waals surface area (Å²) < 4.78 is 5.30. The molecule has 0 spiro atoms. The third-order valence-electron chi connectivity index (χ3n) is 2.87. The van der Waals surface area contributed by atoms with Gasteiger partial charge in [-0.05, 0) is 13.8 Å². The average molecular weight is 260 g/mol. The Kier molecular flexibility index (Phi) is 4.92. The van der Waals surface area contributed by atoms with Crippen molar-refractivity contribution < 1.29 is 24.5 Å². The zero-order chi connectivity index (χ0) is 13.8. The molecule has 104 valence electrons. The van der Waals surface area contributed by atoms with Crippen LogP contribution in [0.2, 0.25) is 0 Å². The Hall–Kier alpha value is -1.34. The number of rotatable bonds is 4. The lowest BCUT2D eigenvalue weighted by Gasteiger charge is -2.41. The largest absolute Gasteiger partial charge is 0.479 e. The number of carbonyl (C=O) groups excluding carboxylic acids is 1. The van der Waals surface area contributed by atoms with E-state index in [2.05, 4.69) is 5.32 Å². The van der Waals surface area contributed by atoms with Crippen molar-refractivity contribution in [3.8, 4) is 0 Å². The van der Waals surface area contributed by atoms with Crippen molar-refractivity contribution in [1.29, 1.82) is 0 Å². The molecule has 1 heterocycles. The van der Waals surface area contributed by atoms with Crippen LogP contribution in [0.5, 0.6) is 0 Å². The summed E-state index contributed by atoms with van der Waals surface area (Å²) in [5.74, 6) is -1.28. The van der Waals surface area contributed by atoms with Crippen LogP contribution in [0.25, 0.3) is 0 Å². The molecular formula is C11H20N2O5. The fourth-order valence-corrected chi connectivity index (χ4v) is 1.77. The van der Waals surface area contributed by atoms with E-state index < -0.39 is 12.1 Å². The Morgan fingerprint density at radius 1 is 1.50 bits per heavy atom. The number of morpholine rings is 1. The highest BCUT2D eigenvalue weighted by atomic mass is 16.5. The summed E-state index contributed by atoms with van der Waals surface area (Å²) in [6.07, 6.45) is -1.45. The summed E-state index contributed by atoms with van der Waals surface area (Å²) in [7, 11) is 0. The van der Waals surface area contributed by atoms with Crippen molar-refractivity contribution in [2.45, 2.75) is 31.9 Å². The maximum atomic E-state index is 11.9. The van der Waals surface area contributed by atoms with Crippen LogP contribution in [0, 0.1) is 0 Å². The van der Waals surface area contributed by atoms with Crippen molar-refractivity contribution >= 4 is 12.0 Å². The van der Waals surface area contributed by atoms with Gasteiger partial charge in [0.15, 0.2) is 6.10 Å². The van der Waals surface area contributed by atoms with E-state index in [0.717, 1.165) is 0 Å². The fourth-order valence-electron chi connectivity index (χ4n) is 1.77. The zero-order valence-electron chi connectivity index (χ0n) is 10.7. The van der Waals surface area contributed by atoms with Crippen LogP contribution < -0.4 is 5.32 Å². The first-order chi connectivity index (χ1) is 8.34. The molecule has 0 aliphatic carbocycles. The molecule has 7 heteroatoms. The predicted molar refractivity (Wildman–Crippen MR) is 63.3 cm³/mol. The second-order valence-corrected chi connectivity index (χ2v) is 4.89. The van der Waals surface area contributed by atoms with Gasteiger partial charge in [0.2, 0.25) is 0 Å². The van der Waals surface area contributed by atoms with Crippen LogP contribution in [-0.4, -0.2) is 65.1 Å². The number of nitrogens with one attached hydrogen (secondary N) is 1. The van der Waals surface area contributed by atoms with Gasteiger partial charge in [-0.25, -0.2) is 9.59 Å². The van der Waals surface area contributed by atoms with Crippen LogP contribution >= 0.6 is 0 Å². The molecular weight excluding hydrogens is 240 g/mol. The van der Waals surface area contributed by atoms with Crippen molar-refractivity contribution in [2.24, 2.45) is 0 Å². The molecule has 0 bridgehead atoms. The summed E-state index contributed by atoms with van der Waals surface area (Å²) in [4.78, 5) is 23.9. The minimum Gasteiger partial charge on any atom is -0.479 e. The molecule has 0 saturated carbocycles. The normalized spacial score (nSPS) is 20.3. The van der Waals surface area contributed by atoms with Gasteiger partial charge in [-0.15, -0.1) is 0 Å². The van der Waals surface area contributed by atoms with Crippen molar-refractivity contribution in [3.63, 3.8) is 0 Å². The van der Waals surface area contributed by atoms with Crippen LogP contribution in [0.15, 0.2) is 0 Å². The van der Waals surface area contributed by atoms with E-state index in [9.17, 15) is 9.59 Å². The quantitative estimate of drug-likeness (QED) is 0.641. The maximum Gasteiger partial charge on any atom is 0.332 e. The van der Waals surface area contributed by atoms with E-state index in [1.807, 2.05) is 13.8 Å². The number of urea groups is 1. The van der Waals surface area contributed by atoms with E-state index in [-0.39, 0.29) is 24.5 Å². The molecule has 18 heavy (non-hydrogen) atoms. The summed E-state index contributed by atoms with van der Waals surface area (Å²) >= 11 is 0. The molecule has 0 aromatic carbocycles. The molecule has 1 aliphatic heterocycles. The molecule has 0 aromatic heterocycles. The average Bonchev–Trinajstić information content (AvgIpc) is 2.27. The van der Waals surface area contributed by atoms with Crippen LogP contribution in [0.3, 0.4) is 0 Å². The van der Waals surface area contributed by atoms with Crippen molar-refractivity contribution in [3.05, 3.63) is 0 Å². The van der Waals surface area contributed by atoms with Crippen LogP contribution in [0.1, 0.15) is 20.3 Å². The number of aliphatic hydroxyl groups is 1. The van der Waals surface area contributed by atoms with E-state index in [1.54, 1.807) is 4.90 Å². The van der Waals surface area contributed by atoms with Gasteiger partial charge in [0.1, 0.15) is 0 Å². The first-order valence-electron chi connectivity index (χ1n) is 5.88. The second-order valence-electron chi connectivity index (χ2n) is 4.89. The summed E-state index contributed by atoms with van der Waals surface area (Å²) in [6.45, 7) is 5.39.